The summed E-state index contributed by atoms with van der Waals surface area (Å²) in [6, 6.07) is 10.2. The van der Waals surface area contributed by atoms with Crippen molar-refractivity contribution in [2.75, 3.05) is 5.32 Å². The Labute approximate surface area is 124 Å². The summed E-state index contributed by atoms with van der Waals surface area (Å²) in [5.41, 5.74) is 0.841. The molecule has 0 amide bonds. The number of hydrogen-bond donors (Lipinski definition) is 1. The van der Waals surface area contributed by atoms with Crippen LogP contribution in [0, 0.1) is 0 Å². The first kappa shape index (κ1) is 14.7. The van der Waals surface area contributed by atoms with Crippen LogP contribution in [-0.4, -0.2) is 11.6 Å². The van der Waals surface area contributed by atoms with E-state index in [4.69, 9.17) is 0 Å². The first-order valence-electron chi connectivity index (χ1n) is 5.97. The molecule has 0 saturated carbocycles. The number of hydrogen-bond acceptors (Lipinski definition) is 3. The summed E-state index contributed by atoms with van der Waals surface area (Å²) in [7, 11) is 0. The van der Waals surface area contributed by atoms with Gasteiger partial charge in [0.2, 0.25) is 0 Å². The summed E-state index contributed by atoms with van der Waals surface area (Å²) < 4.78 is 29.7. The highest BCUT2D eigenvalue weighted by Crippen LogP contribution is 2.23. The van der Waals surface area contributed by atoms with Crippen LogP contribution < -0.4 is 10.1 Å². The van der Waals surface area contributed by atoms with Gasteiger partial charge in [-0.25, -0.2) is 4.98 Å². The fraction of sp³-hybridized carbons (Fsp3) is 0.214. The van der Waals surface area contributed by atoms with Gasteiger partial charge in [0, 0.05) is 10.7 Å². The maximum absolute atomic E-state index is 12.2. The first-order chi connectivity index (χ1) is 9.54. The zero-order chi connectivity index (χ0) is 14.5. The third kappa shape index (κ3) is 4.16. The molecule has 20 heavy (non-hydrogen) atoms. The highest BCUT2D eigenvalue weighted by molar-refractivity contribution is 9.10. The number of ether oxygens (including phenoxy) is 1. The van der Waals surface area contributed by atoms with Gasteiger partial charge in [0.05, 0.1) is 6.04 Å². The second kappa shape index (κ2) is 6.65. The Morgan fingerprint density at radius 2 is 2.05 bits per heavy atom. The minimum Gasteiger partial charge on any atom is -0.435 e. The minimum absolute atomic E-state index is 0.0788. The Bertz CT molecular complexity index is 563. The van der Waals surface area contributed by atoms with Gasteiger partial charge in [0.25, 0.3) is 0 Å². The van der Waals surface area contributed by atoms with Crippen LogP contribution in [0.15, 0.2) is 47.1 Å². The van der Waals surface area contributed by atoms with E-state index in [0.717, 1.165) is 10.0 Å². The number of alkyl halides is 2. The van der Waals surface area contributed by atoms with Crippen molar-refractivity contribution in [2.45, 2.75) is 19.6 Å². The lowest BCUT2D eigenvalue weighted by Gasteiger charge is -2.16. The molecular weight excluding hydrogens is 330 g/mol. The highest BCUT2D eigenvalue weighted by atomic mass is 79.9. The predicted molar refractivity (Wildman–Crippen MR) is 77.0 cm³/mol. The van der Waals surface area contributed by atoms with Gasteiger partial charge in [-0.3, -0.25) is 0 Å². The van der Waals surface area contributed by atoms with Crippen LogP contribution in [0.3, 0.4) is 0 Å². The smallest absolute Gasteiger partial charge is 0.387 e. The maximum atomic E-state index is 12.2. The topological polar surface area (TPSA) is 34.2 Å². The molecule has 0 aliphatic heterocycles. The Hall–Kier alpha value is -1.69. The Kier molecular flexibility index (Phi) is 4.89. The van der Waals surface area contributed by atoms with E-state index in [2.05, 4.69) is 31.0 Å². The van der Waals surface area contributed by atoms with Crippen LogP contribution in [0.5, 0.6) is 5.75 Å². The van der Waals surface area contributed by atoms with E-state index in [0.29, 0.717) is 5.82 Å². The third-order valence-corrected chi connectivity index (χ3v) is 3.14. The van der Waals surface area contributed by atoms with Crippen LogP contribution in [-0.2, 0) is 0 Å². The van der Waals surface area contributed by atoms with Crippen molar-refractivity contribution in [3.63, 3.8) is 0 Å². The van der Waals surface area contributed by atoms with Gasteiger partial charge >= 0.3 is 6.61 Å². The monoisotopic (exact) mass is 342 g/mol. The minimum atomic E-state index is -2.82. The van der Waals surface area contributed by atoms with Gasteiger partial charge in [0.15, 0.2) is 0 Å². The summed E-state index contributed by atoms with van der Waals surface area (Å²) in [6.07, 6.45) is 1.69. The van der Waals surface area contributed by atoms with Gasteiger partial charge in [0.1, 0.15) is 11.6 Å². The number of rotatable bonds is 5. The van der Waals surface area contributed by atoms with Crippen LogP contribution in [0.2, 0.25) is 0 Å². The molecule has 0 fully saturated rings. The summed E-state index contributed by atoms with van der Waals surface area (Å²) in [5.74, 6) is 0.857. The van der Waals surface area contributed by atoms with Crippen LogP contribution in [0.1, 0.15) is 18.5 Å². The van der Waals surface area contributed by atoms with Crippen molar-refractivity contribution in [2.24, 2.45) is 0 Å². The lowest BCUT2D eigenvalue weighted by atomic mass is 10.1. The molecule has 2 rings (SSSR count). The average Bonchev–Trinajstić information content (AvgIpc) is 2.41. The lowest BCUT2D eigenvalue weighted by Crippen LogP contribution is -2.08. The van der Waals surface area contributed by atoms with E-state index >= 15 is 0 Å². The Balaban J connectivity index is 2.08. The molecule has 0 saturated heterocycles. The van der Waals surface area contributed by atoms with Gasteiger partial charge in [-0.15, -0.1) is 0 Å². The molecule has 1 aromatic heterocycles. The molecule has 1 unspecified atom stereocenters. The third-order valence-electron chi connectivity index (χ3n) is 2.68. The van der Waals surface area contributed by atoms with Gasteiger partial charge < -0.3 is 10.1 Å². The average molecular weight is 343 g/mol. The van der Waals surface area contributed by atoms with Crippen molar-refractivity contribution in [3.05, 3.63) is 52.6 Å². The van der Waals surface area contributed by atoms with E-state index in [9.17, 15) is 8.78 Å². The van der Waals surface area contributed by atoms with Crippen molar-refractivity contribution >= 4 is 21.7 Å². The predicted octanol–water partition coefficient (Wildman–Crippen LogP) is 4.62. The zero-order valence-electron chi connectivity index (χ0n) is 10.7. The summed E-state index contributed by atoms with van der Waals surface area (Å²) in [6.45, 7) is -0.896. The lowest BCUT2D eigenvalue weighted by molar-refractivity contribution is -0.0498. The van der Waals surface area contributed by atoms with E-state index in [-0.39, 0.29) is 11.8 Å². The molecule has 0 radical (unpaired) electrons. The van der Waals surface area contributed by atoms with E-state index < -0.39 is 6.61 Å². The maximum Gasteiger partial charge on any atom is 0.387 e. The SMILES string of the molecule is CC(Nc1ccc(Br)cn1)c1cccc(OC(F)F)c1. The number of halogens is 3. The van der Waals surface area contributed by atoms with Gasteiger partial charge in [-0.2, -0.15) is 8.78 Å². The van der Waals surface area contributed by atoms with E-state index in [1.54, 1.807) is 18.3 Å². The number of nitrogens with one attached hydrogen (secondary N) is 1. The molecule has 0 spiro atoms. The second-order valence-corrected chi connectivity index (χ2v) is 5.09. The normalized spacial score (nSPS) is 12.2. The van der Waals surface area contributed by atoms with Crippen LogP contribution in [0.25, 0.3) is 0 Å². The summed E-state index contributed by atoms with van der Waals surface area (Å²) in [4.78, 5) is 4.21. The van der Waals surface area contributed by atoms with Gasteiger partial charge in [-0.05, 0) is 52.7 Å². The molecule has 0 aliphatic carbocycles. The van der Waals surface area contributed by atoms with Crippen LogP contribution >= 0.6 is 15.9 Å². The summed E-state index contributed by atoms with van der Waals surface area (Å²) >= 11 is 3.31. The van der Waals surface area contributed by atoms with Gasteiger partial charge in [-0.1, -0.05) is 12.1 Å². The van der Waals surface area contributed by atoms with Crippen LogP contribution in [0.4, 0.5) is 14.6 Å². The Morgan fingerprint density at radius 3 is 2.70 bits per heavy atom. The first-order valence-corrected chi connectivity index (χ1v) is 6.77. The number of pyridine rings is 1. The molecular formula is C14H13BrF2N2O. The zero-order valence-corrected chi connectivity index (χ0v) is 12.3. The molecule has 0 aliphatic rings. The number of aromatic nitrogens is 1. The molecule has 6 heteroatoms. The molecule has 1 N–H and O–H groups in total. The number of benzene rings is 1. The molecule has 1 heterocycles. The largest absolute Gasteiger partial charge is 0.435 e. The van der Waals surface area contributed by atoms with Crippen molar-refractivity contribution in [1.82, 2.24) is 4.98 Å². The van der Waals surface area contributed by atoms with Crippen molar-refractivity contribution < 1.29 is 13.5 Å². The van der Waals surface area contributed by atoms with Crippen molar-refractivity contribution in [1.29, 1.82) is 0 Å². The number of nitrogens with zero attached hydrogens (tertiary/aromatic N) is 1. The molecule has 3 nitrogen and oxygen atoms in total. The molecule has 1 atom stereocenters. The number of anilines is 1. The van der Waals surface area contributed by atoms with E-state index in [1.165, 1.54) is 6.07 Å². The standard InChI is InChI=1S/C14H13BrF2N2O/c1-9(19-13-6-5-11(15)8-18-13)10-3-2-4-12(7-10)20-14(16)17/h2-9,14H,1H3,(H,18,19). The summed E-state index contributed by atoms with van der Waals surface area (Å²) in [5, 5.41) is 3.19. The van der Waals surface area contributed by atoms with E-state index in [1.807, 2.05) is 25.1 Å². The molecule has 1 aromatic carbocycles. The molecule has 106 valence electrons. The molecule has 0 bridgehead atoms. The quantitative estimate of drug-likeness (QED) is 0.860. The fourth-order valence-corrected chi connectivity index (χ4v) is 1.96. The highest BCUT2D eigenvalue weighted by Gasteiger charge is 2.09. The van der Waals surface area contributed by atoms with Crippen molar-refractivity contribution in [3.8, 4) is 5.75 Å². The molecule has 2 aromatic rings. The second-order valence-electron chi connectivity index (χ2n) is 4.18. The Morgan fingerprint density at radius 1 is 1.25 bits per heavy atom. The fourth-order valence-electron chi connectivity index (χ4n) is 1.73.